The number of thioether (sulfide) groups is 1. The van der Waals surface area contributed by atoms with Crippen molar-refractivity contribution in [3.05, 3.63) is 112 Å². The van der Waals surface area contributed by atoms with E-state index in [1.165, 1.54) is 11.3 Å². The van der Waals surface area contributed by atoms with E-state index in [0.29, 0.717) is 31.0 Å². The molecule has 0 bridgehead atoms. The number of ether oxygens (including phenoxy) is 1. The van der Waals surface area contributed by atoms with Crippen molar-refractivity contribution in [2.45, 2.75) is 17.9 Å². The minimum Gasteiger partial charge on any atom is -0.463 e. The lowest BCUT2D eigenvalue weighted by Crippen LogP contribution is -2.40. The van der Waals surface area contributed by atoms with Crippen molar-refractivity contribution in [2.24, 2.45) is 4.99 Å². The molecule has 1 aliphatic heterocycles. The molecule has 10 heteroatoms. The summed E-state index contributed by atoms with van der Waals surface area (Å²) in [5.41, 5.74) is 2.12. The molecule has 2 aromatic carbocycles. The highest BCUT2D eigenvalue weighted by molar-refractivity contribution is 9.13. The van der Waals surface area contributed by atoms with Crippen LogP contribution in [0.3, 0.4) is 0 Å². The molecule has 0 radical (unpaired) electrons. The van der Waals surface area contributed by atoms with Crippen LogP contribution in [-0.4, -0.2) is 23.4 Å². The van der Waals surface area contributed by atoms with E-state index < -0.39 is 12.0 Å². The Hall–Kier alpha value is -2.66. The smallest absolute Gasteiger partial charge is 0.338 e. The molecule has 188 valence electrons. The van der Waals surface area contributed by atoms with E-state index in [4.69, 9.17) is 14.1 Å². The van der Waals surface area contributed by atoms with Gasteiger partial charge in [-0.2, -0.15) is 0 Å². The number of hydrogen-bond donors (Lipinski definition) is 0. The number of benzene rings is 2. The molecule has 0 saturated heterocycles. The molecule has 0 spiro atoms. The molecular weight excluding hydrogens is 640 g/mol. The van der Waals surface area contributed by atoms with Crippen LogP contribution in [0.25, 0.3) is 11.8 Å². The highest BCUT2D eigenvalue weighted by Gasteiger charge is 2.35. The highest BCUT2D eigenvalue weighted by atomic mass is 79.9. The second-order valence-corrected chi connectivity index (χ2v) is 11.4. The van der Waals surface area contributed by atoms with Gasteiger partial charge in [0.05, 0.1) is 32.9 Å². The van der Waals surface area contributed by atoms with Gasteiger partial charge >= 0.3 is 5.97 Å². The monoisotopic (exact) mass is 658 g/mol. The molecule has 2 aromatic heterocycles. The molecular formula is C27H20Br2N2O4S2. The van der Waals surface area contributed by atoms with E-state index in [-0.39, 0.29) is 12.2 Å². The number of aromatic nitrogens is 1. The molecule has 0 unspecified atom stereocenters. The first-order valence-corrected chi connectivity index (χ1v) is 14.9. The maximum Gasteiger partial charge on any atom is 0.338 e. The van der Waals surface area contributed by atoms with Crippen LogP contribution in [0.15, 0.2) is 94.5 Å². The maximum absolute atomic E-state index is 13.8. The number of fused-ring (bicyclic) bond motifs is 1. The third-order valence-corrected chi connectivity index (χ3v) is 9.18. The predicted molar refractivity (Wildman–Crippen MR) is 153 cm³/mol. The molecule has 37 heavy (non-hydrogen) atoms. The zero-order valence-electron chi connectivity index (χ0n) is 19.7. The van der Waals surface area contributed by atoms with Gasteiger partial charge in [0.15, 0.2) is 9.47 Å². The molecule has 0 fully saturated rings. The lowest BCUT2D eigenvalue weighted by atomic mass is 9.93. The Labute approximate surface area is 237 Å². The zero-order valence-corrected chi connectivity index (χ0v) is 24.5. The summed E-state index contributed by atoms with van der Waals surface area (Å²) in [5, 5.41) is 0. The van der Waals surface area contributed by atoms with Crippen molar-refractivity contribution in [2.75, 3.05) is 12.9 Å². The highest BCUT2D eigenvalue weighted by Crippen LogP contribution is 2.35. The van der Waals surface area contributed by atoms with Crippen molar-refractivity contribution in [3.8, 4) is 0 Å². The number of nitrogens with zero attached hydrogens (tertiary/aromatic N) is 2. The van der Waals surface area contributed by atoms with Gasteiger partial charge < -0.3 is 9.15 Å². The van der Waals surface area contributed by atoms with E-state index in [0.717, 1.165) is 20.5 Å². The minimum absolute atomic E-state index is 0.204. The van der Waals surface area contributed by atoms with Crippen molar-refractivity contribution < 1.29 is 13.9 Å². The van der Waals surface area contributed by atoms with Crippen LogP contribution in [0.4, 0.5) is 0 Å². The quantitative estimate of drug-likeness (QED) is 0.194. The van der Waals surface area contributed by atoms with Gasteiger partial charge in [-0.3, -0.25) is 9.36 Å². The normalized spacial score (nSPS) is 15.5. The number of hydrogen-bond acceptors (Lipinski definition) is 7. The van der Waals surface area contributed by atoms with E-state index in [1.54, 1.807) is 35.4 Å². The van der Waals surface area contributed by atoms with Crippen molar-refractivity contribution >= 4 is 72.7 Å². The molecule has 1 atom stereocenters. The molecule has 0 aliphatic carbocycles. The first-order valence-electron chi connectivity index (χ1n) is 11.3. The largest absolute Gasteiger partial charge is 0.463 e. The first-order chi connectivity index (χ1) is 17.9. The molecule has 5 rings (SSSR count). The number of furan rings is 1. The van der Waals surface area contributed by atoms with Crippen LogP contribution in [-0.2, 0) is 9.53 Å². The van der Waals surface area contributed by atoms with Crippen LogP contribution in [0, 0.1) is 0 Å². The lowest BCUT2D eigenvalue weighted by Gasteiger charge is -2.26. The summed E-state index contributed by atoms with van der Waals surface area (Å²) >= 11 is 9.62. The molecule has 6 nitrogen and oxygen atoms in total. The van der Waals surface area contributed by atoms with E-state index >= 15 is 0 Å². The summed E-state index contributed by atoms with van der Waals surface area (Å²) in [6.07, 6.45) is 3.68. The second-order valence-electron chi connectivity index (χ2n) is 7.98. The van der Waals surface area contributed by atoms with Crippen LogP contribution in [0.5, 0.6) is 0 Å². The van der Waals surface area contributed by atoms with Crippen LogP contribution in [0.1, 0.15) is 29.9 Å². The number of halogens is 2. The minimum atomic E-state index is -0.710. The van der Waals surface area contributed by atoms with Crippen molar-refractivity contribution in [3.63, 3.8) is 0 Å². The summed E-state index contributed by atoms with van der Waals surface area (Å²) in [6.45, 7) is 1.97. The average molecular weight is 660 g/mol. The van der Waals surface area contributed by atoms with Crippen molar-refractivity contribution in [1.82, 2.24) is 4.57 Å². The van der Waals surface area contributed by atoms with Crippen LogP contribution >= 0.6 is 55.0 Å². The van der Waals surface area contributed by atoms with Gasteiger partial charge in [0, 0.05) is 16.5 Å². The summed E-state index contributed by atoms with van der Waals surface area (Å²) in [4.78, 5) is 33.7. The summed E-state index contributed by atoms with van der Waals surface area (Å²) in [6, 6.07) is 18.4. The van der Waals surface area contributed by atoms with E-state index in [2.05, 4.69) is 31.9 Å². The maximum atomic E-state index is 13.8. The fourth-order valence-electron chi connectivity index (χ4n) is 4.11. The van der Waals surface area contributed by atoms with Gasteiger partial charge in [-0.15, -0.1) is 11.8 Å². The molecule has 0 N–H and O–H groups in total. The van der Waals surface area contributed by atoms with Gasteiger partial charge in [0.25, 0.3) is 5.56 Å². The Kier molecular flexibility index (Phi) is 7.71. The molecule has 1 aliphatic rings. The van der Waals surface area contributed by atoms with Gasteiger partial charge in [0.2, 0.25) is 0 Å². The lowest BCUT2D eigenvalue weighted by molar-refractivity contribution is -0.138. The zero-order chi connectivity index (χ0) is 26.1. The van der Waals surface area contributed by atoms with Gasteiger partial charge in [-0.1, -0.05) is 53.8 Å². The number of rotatable bonds is 6. The number of carbonyl (C=O) groups is 1. The van der Waals surface area contributed by atoms with Gasteiger partial charge in [-0.25, -0.2) is 9.79 Å². The van der Waals surface area contributed by atoms with Crippen LogP contribution in [0.2, 0.25) is 0 Å². The first kappa shape index (κ1) is 26.0. The van der Waals surface area contributed by atoms with Gasteiger partial charge in [-0.05, 0) is 68.8 Å². The number of thiazole rings is 1. The van der Waals surface area contributed by atoms with Crippen molar-refractivity contribution in [1.29, 1.82) is 0 Å². The summed E-state index contributed by atoms with van der Waals surface area (Å²) in [5.74, 6) is 0.00926. The molecule has 4 aromatic rings. The molecule has 3 heterocycles. The SMILES string of the molecule is CCOC(=O)C1=C(c2ccccc2)N=c2s/c(=C/c3cc(Br)c(Br)o3)c(=O)n2[C@H]1c1ccc(SC)cc1. The Bertz CT molecular complexity index is 1670. The van der Waals surface area contributed by atoms with E-state index in [9.17, 15) is 9.59 Å². The standard InChI is InChI=1S/C27H20Br2N2O4S2/c1-3-34-26(33)21-22(15-7-5-4-6-8-15)30-27-31(23(21)16-9-11-18(36-2)12-10-16)25(32)20(37-27)14-17-13-19(28)24(29)35-17/h4-14,23H,3H2,1-2H3/b20-14+/t23-/m0/s1. The van der Waals surface area contributed by atoms with E-state index in [1.807, 2.05) is 60.9 Å². The Balaban J connectivity index is 1.82. The third-order valence-electron chi connectivity index (χ3n) is 5.74. The predicted octanol–water partition coefficient (Wildman–Crippen LogP) is 5.78. The topological polar surface area (TPSA) is 73.8 Å². The second kappa shape index (κ2) is 11.0. The average Bonchev–Trinajstić information content (AvgIpc) is 3.40. The molecule has 0 saturated carbocycles. The number of esters is 1. The fourth-order valence-corrected chi connectivity index (χ4v) is 6.10. The number of carbonyl (C=O) groups excluding carboxylic acids is 1. The summed E-state index contributed by atoms with van der Waals surface area (Å²) in [7, 11) is 0. The fraction of sp³-hybridized carbons (Fsp3) is 0.148. The Morgan fingerprint density at radius 3 is 2.54 bits per heavy atom. The Morgan fingerprint density at radius 2 is 1.92 bits per heavy atom. The summed E-state index contributed by atoms with van der Waals surface area (Å²) < 4.78 is 14.5. The molecule has 0 amide bonds. The Morgan fingerprint density at radius 1 is 1.19 bits per heavy atom. The van der Waals surface area contributed by atoms with Gasteiger partial charge in [0.1, 0.15) is 5.76 Å². The third kappa shape index (κ3) is 5.07. The van der Waals surface area contributed by atoms with Crippen LogP contribution < -0.4 is 14.9 Å².